The first-order valence-corrected chi connectivity index (χ1v) is 8.88. The quantitative estimate of drug-likeness (QED) is 0.574. The lowest BCUT2D eigenvalue weighted by Crippen LogP contribution is -2.31. The first kappa shape index (κ1) is 16.9. The van der Waals surface area contributed by atoms with Crippen molar-refractivity contribution in [2.45, 2.75) is 84.1 Å². The SMILES string of the molecule is CCCCCCC(C)(CCCCC)n1nnc2cccnc21. The van der Waals surface area contributed by atoms with Crippen molar-refractivity contribution < 1.29 is 0 Å². The molecule has 0 amide bonds. The Kier molecular flexibility index (Phi) is 6.34. The molecule has 1 atom stereocenters. The van der Waals surface area contributed by atoms with Crippen LogP contribution in [0.15, 0.2) is 18.3 Å². The third kappa shape index (κ3) is 4.05. The van der Waals surface area contributed by atoms with E-state index in [0.29, 0.717) is 0 Å². The Morgan fingerprint density at radius 3 is 2.41 bits per heavy atom. The molecule has 2 rings (SSSR count). The molecule has 0 aromatic carbocycles. The van der Waals surface area contributed by atoms with Crippen LogP contribution in [0.2, 0.25) is 0 Å². The first-order valence-electron chi connectivity index (χ1n) is 8.88. The van der Waals surface area contributed by atoms with Gasteiger partial charge in [-0.3, -0.25) is 0 Å². The minimum atomic E-state index is 0.0337. The van der Waals surface area contributed by atoms with Crippen molar-refractivity contribution >= 4 is 11.2 Å². The molecule has 0 spiro atoms. The van der Waals surface area contributed by atoms with E-state index in [9.17, 15) is 0 Å². The monoisotopic (exact) mass is 302 g/mol. The number of pyridine rings is 1. The number of fused-ring (bicyclic) bond motifs is 1. The summed E-state index contributed by atoms with van der Waals surface area (Å²) in [5, 5.41) is 8.76. The van der Waals surface area contributed by atoms with E-state index < -0.39 is 0 Å². The van der Waals surface area contributed by atoms with Crippen LogP contribution in [0, 0.1) is 0 Å². The van der Waals surface area contributed by atoms with Gasteiger partial charge in [0, 0.05) is 6.20 Å². The molecule has 122 valence electrons. The summed E-state index contributed by atoms with van der Waals surface area (Å²) in [5.74, 6) is 0. The fourth-order valence-corrected chi connectivity index (χ4v) is 3.15. The van der Waals surface area contributed by atoms with Crippen molar-refractivity contribution in [1.82, 2.24) is 20.0 Å². The van der Waals surface area contributed by atoms with Crippen molar-refractivity contribution in [2.24, 2.45) is 0 Å². The molecule has 2 aromatic rings. The van der Waals surface area contributed by atoms with Gasteiger partial charge in [-0.2, -0.15) is 0 Å². The maximum Gasteiger partial charge on any atom is 0.178 e. The van der Waals surface area contributed by atoms with Gasteiger partial charge in [0.2, 0.25) is 0 Å². The maximum absolute atomic E-state index is 4.52. The molecule has 0 fully saturated rings. The summed E-state index contributed by atoms with van der Waals surface area (Å²) in [6.07, 6.45) is 13.1. The van der Waals surface area contributed by atoms with Crippen molar-refractivity contribution in [3.8, 4) is 0 Å². The molecule has 0 aliphatic rings. The van der Waals surface area contributed by atoms with Crippen LogP contribution in [-0.4, -0.2) is 20.0 Å². The fourth-order valence-electron chi connectivity index (χ4n) is 3.15. The van der Waals surface area contributed by atoms with Crippen LogP contribution in [-0.2, 0) is 5.54 Å². The minimum Gasteiger partial charge on any atom is -0.235 e. The van der Waals surface area contributed by atoms with Gasteiger partial charge in [-0.25, -0.2) is 9.67 Å². The molecule has 22 heavy (non-hydrogen) atoms. The van der Waals surface area contributed by atoms with E-state index in [0.717, 1.165) is 24.0 Å². The molecule has 0 N–H and O–H groups in total. The average molecular weight is 302 g/mol. The Labute approximate surface area is 134 Å². The maximum atomic E-state index is 4.52. The largest absolute Gasteiger partial charge is 0.235 e. The highest BCUT2D eigenvalue weighted by atomic mass is 15.5. The molecule has 0 saturated heterocycles. The van der Waals surface area contributed by atoms with E-state index in [4.69, 9.17) is 0 Å². The molecule has 2 heterocycles. The van der Waals surface area contributed by atoms with E-state index in [1.807, 2.05) is 18.3 Å². The number of rotatable bonds is 10. The molecular formula is C18H30N4. The predicted octanol–water partition coefficient (Wildman–Crippen LogP) is 5.09. The predicted molar refractivity (Wildman–Crippen MR) is 91.9 cm³/mol. The first-order chi connectivity index (χ1) is 10.7. The summed E-state index contributed by atoms with van der Waals surface area (Å²) in [5.41, 5.74) is 1.86. The van der Waals surface area contributed by atoms with E-state index >= 15 is 0 Å². The Hall–Kier alpha value is -1.45. The number of nitrogens with zero attached hydrogens (tertiary/aromatic N) is 4. The number of hydrogen-bond donors (Lipinski definition) is 0. The highest BCUT2D eigenvalue weighted by molar-refractivity contribution is 5.69. The molecule has 0 saturated carbocycles. The normalized spacial score (nSPS) is 14.3. The summed E-state index contributed by atoms with van der Waals surface area (Å²) >= 11 is 0. The summed E-state index contributed by atoms with van der Waals surface area (Å²) in [4.78, 5) is 4.52. The van der Waals surface area contributed by atoms with Gasteiger partial charge < -0.3 is 0 Å². The minimum absolute atomic E-state index is 0.0337. The van der Waals surface area contributed by atoms with Crippen molar-refractivity contribution in [2.75, 3.05) is 0 Å². The second kappa shape index (κ2) is 8.25. The molecule has 1 unspecified atom stereocenters. The molecule has 4 heteroatoms. The van der Waals surface area contributed by atoms with Gasteiger partial charge in [0.1, 0.15) is 5.52 Å². The van der Waals surface area contributed by atoms with Crippen LogP contribution in [0.5, 0.6) is 0 Å². The zero-order valence-corrected chi connectivity index (χ0v) is 14.4. The van der Waals surface area contributed by atoms with Gasteiger partial charge in [0.15, 0.2) is 5.65 Å². The topological polar surface area (TPSA) is 43.6 Å². The molecule has 0 bridgehead atoms. The number of hydrogen-bond acceptors (Lipinski definition) is 3. The van der Waals surface area contributed by atoms with Gasteiger partial charge in [-0.15, -0.1) is 5.10 Å². The van der Waals surface area contributed by atoms with Gasteiger partial charge >= 0.3 is 0 Å². The lowest BCUT2D eigenvalue weighted by molar-refractivity contribution is 0.229. The van der Waals surface area contributed by atoms with Crippen molar-refractivity contribution in [3.05, 3.63) is 18.3 Å². The summed E-state index contributed by atoms with van der Waals surface area (Å²) < 4.78 is 2.09. The molecule has 4 nitrogen and oxygen atoms in total. The van der Waals surface area contributed by atoms with Crippen molar-refractivity contribution in [1.29, 1.82) is 0 Å². The fraction of sp³-hybridized carbons (Fsp3) is 0.722. The van der Waals surface area contributed by atoms with Gasteiger partial charge in [-0.1, -0.05) is 64.0 Å². The number of aromatic nitrogens is 4. The van der Waals surface area contributed by atoms with E-state index in [-0.39, 0.29) is 5.54 Å². The zero-order valence-electron chi connectivity index (χ0n) is 14.4. The lowest BCUT2D eigenvalue weighted by Gasteiger charge is -2.30. The molecule has 0 aliphatic carbocycles. The van der Waals surface area contributed by atoms with E-state index in [1.54, 1.807) is 0 Å². The number of unbranched alkanes of at least 4 members (excludes halogenated alkanes) is 5. The third-order valence-electron chi connectivity index (χ3n) is 4.61. The smallest absolute Gasteiger partial charge is 0.178 e. The Morgan fingerprint density at radius 1 is 1.00 bits per heavy atom. The van der Waals surface area contributed by atoms with Crippen molar-refractivity contribution in [3.63, 3.8) is 0 Å². The Morgan fingerprint density at radius 2 is 1.68 bits per heavy atom. The van der Waals surface area contributed by atoms with Gasteiger partial charge in [0.05, 0.1) is 5.54 Å². The molecule has 2 aromatic heterocycles. The van der Waals surface area contributed by atoms with Crippen LogP contribution in [0.3, 0.4) is 0 Å². The summed E-state index contributed by atoms with van der Waals surface area (Å²) in [6, 6.07) is 3.92. The summed E-state index contributed by atoms with van der Waals surface area (Å²) in [6.45, 7) is 6.84. The highest BCUT2D eigenvalue weighted by Gasteiger charge is 2.29. The van der Waals surface area contributed by atoms with Crippen LogP contribution in [0.1, 0.15) is 78.6 Å². The highest BCUT2D eigenvalue weighted by Crippen LogP contribution is 2.31. The molecule has 0 radical (unpaired) electrons. The zero-order chi connectivity index (χ0) is 15.8. The van der Waals surface area contributed by atoms with E-state index in [2.05, 4.69) is 40.7 Å². The second-order valence-corrected chi connectivity index (χ2v) is 6.61. The Balaban J connectivity index is 2.18. The van der Waals surface area contributed by atoms with E-state index in [1.165, 1.54) is 44.9 Å². The second-order valence-electron chi connectivity index (χ2n) is 6.61. The van der Waals surface area contributed by atoms with Crippen LogP contribution >= 0.6 is 0 Å². The lowest BCUT2D eigenvalue weighted by atomic mass is 9.88. The van der Waals surface area contributed by atoms with Crippen LogP contribution < -0.4 is 0 Å². The van der Waals surface area contributed by atoms with Crippen LogP contribution in [0.25, 0.3) is 11.2 Å². The van der Waals surface area contributed by atoms with Gasteiger partial charge in [-0.05, 0) is 31.9 Å². The Bertz CT molecular complexity index is 563. The molecule has 0 aliphatic heterocycles. The average Bonchev–Trinajstić information content (AvgIpc) is 2.97. The van der Waals surface area contributed by atoms with Gasteiger partial charge in [0.25, 0.3) is 0 Å². The van der Waals surface area contributed by atoms with Crippen LogP contribution in [0.4, 0.5) is 0 Å². The molecular weight excluding hydrogens is 272 g/mol. The third-order valence-corrected chi connectivity index (χ3v) is 4.61. The standard InChI is InChI=1S/C18H30N4/c1-4-6-8-10-14-18(3,13-9-7-5-2)22-17-16(20-21-22)12-11-15-19-17/h11-12,15H,4-10,13-14H2,1-3H3. The summed E-state index contributed by atoms with van der Waals surface area (Å²) in [7, 11) is 0.